The zero-order valence-electron chi connectivity index (χ0n) is 17.1. The first-order valence-electron chi connectivity index (χ1n) is 9.35. The molecule has 2 aliphatic rings. The van der Waals surface area contributed by atoms with Gasteiger partial charge in [0.2, 0.25) is 0 Å². The van der Waals surface area contributed by atoms with E-state index in [2.05, 4.69) is 39.8 Å². The predicted octanol–water partition coefficient (Wildman–Crippen LogP) is 4.76. The molecule has 0 saturated carbocycles. The fourth-order valence-electron chi connectivity index (χ4n) is 4.66. The van der Waals surface area contributed by atoms with E-state index in [1.54, 1.807) is 6.08 Å². The Kier molecular flexibility index (Phi) is 5.84. The first-order valence-corrected chi connectivity index (χ1v) is 9.35. The first-order chi connectivity index (χ1) is 12.0. The SMILES string of the molecule is CC(=O)OCC1C=C(C)C2(C)C(C)=CCC(OC(=O)C=C(C)C)C2(C)C1. The minimum absolute atomic E-state index is 0.132. The molecule has 0 radical (unpaired) electrons. The molecule has 0 bridgehead atoms. The lowest BCUT2D eigenvalue weighted by molar-refractivity contribution is -0.158. The third-order valence-electron chi connectivity index (χ3n) is 6.41. The Bertz CT molecular complexity index is 680. The summed E-state index contributed by atoms with van der Waals surface area (Å²) in [7, 11) is 0. The molecule has 2 rings (SSSR count). The number of carbonyl (C=O) groups excluding carboxylic acids is 2. The van der Waals surface area contributed by atoms with E-state index in [0.717, 1.165) is 12.0 Å². The van der Waals surface area contributed by atoms with Gasteiger partial charge in [-0.15, -0.1) is 0 Å². The molecule has 0 aromatic carbocycles. The lowest BCUT2D eigenvalue weighted by atomic mass is 9.48. The van der Waals surface area contributed by atoms with Gasteiger partial charge in [-0.25, -0.2) is 4.79 Å². The Balaban J connectivity index is 2.38. The van der Waals surface area contributed by atoms with E-state index in [0.29, 0.717) is 13.0 Å². The van der Waals surface area contributed by atoms with Crippen molar-refractivity contribution in [2.45, 2.75) is 67.4 Å². The van der Waals surface area contributed by atoms with Gasteiger partial charge in [-0.2, -0.15) is 0 Å². The number of allylic oxidation sites excluding steroid dienone is 3. The van der Waals surface area contributed by atoms with Gasteiger partial charge < -0.3 is 9.47 Å². The van der Waals surface area contributed by atoms with Crippen molar-refractivity contribution in [1.82, 2.24) is 0 Å². The Labute approximate surface area is 157 Å². The monoisotopic (exact) mass is 360 g/mol. The molecule has 26 heavy (non-hydrogen) atoms. The third kappa shape index (κ3) is 3.65. The van der Waals surface area contributed by atoms with Gasteiger partial charge in [0.05, 0.1) is 6.61 Å². The Hall–Kier alpha value is -1.84. The molecule has 0 fully saturated rings. The average Bonchev–Trinajstić information content (AvgIpc) is 2.51. The molecule has 0 aliphatic heterocycles. The van der Waals surface area contributed by atoms with Crippen molar-refractivity contribution in [3.05, 3.63) is 34.9 Å². The van der Waals surface area contributed by atoms with Crippen molar-refractivity contribution in [2.75, 3.05) is 6.61 Å². The number of ether oxygens (including phenoxy) is 2. The minimum atomic E-state index is -0.282. The van der Waals surface area contributed by atoms with Gasteiger partial charge in [-0.3, -0.25) is 4.79 Å². The molecule has 2 aliphatic carbocycles. The summed E-state index contributed by atoms with van der Waals surface area (Å²) < 4.78 is 11.2. The predicted molar refractivity (Wildman–Crippen MR) is 102 cm³/mol. The Morgan fingerprint density at radius 2 is 1.85 bits per heavy atom. The van der Waals surface area contributed by atoms with Gasteiger partial charge in [-0.05, 0) is 34.1 Å². The van der Waals surface area contributed by atoms with Crippen LogP contribution in [0.3, 0.4) is 0 Å². The van der Waals surface area contributed by atoms with Crippen LogP contribution in [0.15, 0.2) is 34.9 Å². The molecule has 0 amide bonds. The summed E-state index contributed by atoms with van der Waals surface area (Å²) in [6.07, 6.45) is 7.30. The third-order valence-corrected chi connectivity index (χ3v) is 6.41. The lowest BCUT2D eigenvalue weighted by Gasteiger charge is -2.57. The van der Waals surface area contributed by atoms with Crippen LogP contribution in [0, 0.1) is 16.7 Å². The van der Waals surface area contributed by atoms with E-state index in [9.17, 15) is 9.59 Å². The van der Waals surface area contributed by atoms with Gasteiger partial charge in [0.15, 0.2) is 0 Å². The van der Waals surface area contributed by atoms with E-state index >= 15 is 0 Å². The molecule has 0 saturated heterocycles. The van der Waals surface area contributed by atoms with Crippen molar-refractivity contribution in [1.29, 1.82) is 0 Å². The van der Waals surface area contributed by atoms with Crippen LogP contribution in [0.2, 0.25) is 0 Å². The molecule has 144 valence electrons. The quantitative estimate of drug-likeness (QED) is 0.412. The highest BCUT2D eigenvalue weighted by molar-refractivity contribution is 5.82. The molecule has 0 aromatic heterocycles. The highest BCUT2D eigenvalue weighted by Crippen LogP contribution is 2.61. The fourth-order valence-corrected chi connectivity index (χ4v) is 4.66. The summed E-state index contributed by atoms with van der Waals surface area (Å²) in [6, 6.07) is 0. The van der Waals surface area contributed by atoms with Gasteiger partial charge >= 0.3 is 11.9 Å². The van der Waals surface area contributed by atoms with Gasteiger partial charge in [0.25, 0.3) is 0 Å². The normalized spacial score (nSPS) is 33.3. The summed E-state index contributed by atoms with van der Waals surface area (Å²) in [5.41, 5.74) is 3.07. The van der Waals surface area contributed by atoms with Gasteiger partial charge in [0, 0.05) is 36.2 Å². The molecule has 0 aromatic rings. The van der Waals surface area contributed by atoms with E-state index in [1.807, 2.05) is 13.8 Å². The molecule has 0 spiro atoms. The maximum absolute atomic E-state index is 12.3. The van der Waals surface area contributed by atoms with Crippen molar-refractivity contribution in [3.8, 4) is 0 Å². The zero-order valence-corrected chi connectivity index (χ0v) is 17.1. The fraction of sp³-hybridized carbons (Fsp3) is 0.636. The number of esters is 2. The number of hydrogen-bond acceptors (Lipinski definition) is 4. The summed E-state index contributed by atoms with van der Waals surface area (Å²) in [6.45, 7) is 14.3. The van der Waals surface area contributed by atoms with Crippen LogP contribution in [-0.2, 0) is 19.1 Å². The van der Waals surface area contributed by atoms with Crippen LogP contribution in [0.5, 0.6) is 0 Å². The van der Waals surface area contributed by atoms with E-state index in [-0.39, 0.29) is 34.8 Å². The van der Waals surface area contributed by atoms with Crippen LogP contribution in [0.4, 0.5) is 0 Å². The molecule has 4 atom stereocenters. The molecule has 4 unspecified atom stereocenters. The summed E-state index contributed by atoms with van der Waals surface area (Å²) in [4.78, 5) is 23.5. The summed E-state index contributed by atoms with van der Waals surface area (Å²) in [5, 5.41) is 0. The highest BCUT2D eigenvalue weighted by atomic mass is 16.5. The average molecular weight is 360 g/mol. The molecular formula is C22H32O4. The van der Waals surface area contributed by atoms with Crippen LogP contribution >= 0.6 is 0 Å². The molecular weight excluding hydrogens is 328 g/mol. The maximum Gasteiger partial charge on any atom is 0.330 e. The second kappa shape index (κ2) is 7.42. The topological polar surface area (TPSA) is 52.6 Å². The lowest BCUT2D eigenvalue weighted by Crippen LogP contribution is -2.54. The highest BCUT2D eigenvalue weighted by Gasteiger charge is 2.57. The van der Waals surface area contributed by atoms with Gasteiger partial charge in [-0.1, -0.05) is 42.7 Å². The zero-order chi connectivity index (χ0) is 19.7. The number of rotatable bonds is 4. The van der Waals surface area contributed by atoms with E-state index < -0.39 is 0 Å². The first kappa shape index (κ1) is 20.5. The van der Waals surface area contributed by atoms with Crippen LogP contribution in [0.1, 0.15) is 61.3 Å². The number of carbonyl (C=O) groups is 2. The van der Waals surface area contributed by atoms with Crippen molar-refractivity contribution >= 4 is 11.9 Å². The van der Waals surface area contributed by atoms with Crippen molar-refractivity contribution in [2.24, 2.45) is 16.7 Å². The van der Waals surface area contributed by atoms with Crippen LogP contribution in [0.25, 0.3) is 0 Å². The van der Waals surface area contributed by atoms with Crippen LogP contribution in [-0.4, -0.2) is 24.6 Å². The minimum Gasteiger partial charge on any atom is -0.465 e. The Morgan fingerprint density at radius 3 is 2.42 bits per heavy atom. The van der Waals surface area contributed by atoms with Gasteiger partial charge in [0.1, 0.15) is 6.10 Å². The Morgan fingerprint density at radius 1 is 1.19 bits per heavy atom. The molecule has 4 heteroatoms. The maximum atomic E-state index is 12.3. The van der Waals surface area contributed by atoms with Crippen molar-refractivity contribution in [3.63, 3.8) is 0 Å². The standard InChI is InChI=1S/C22H32O4/c1-14(2)10-20(24)26-19-9-8-15(3)22(7)16(4)11-18(12-21(19,22)6)13-25-17(5)23/h8,10-11,18-19H,9,12-13H2,1-7H3. The molecule has 0 heterocycles. The second-order valence-corrected chi connectivity index (χ2v) is 8.43. The summed E-state index contributed by atoms with van der Waals surface area (Å²) >= 11 is 0. The largest absolute Gasteiger partial charge is 0.465 e. The van der Waals surface area contributed by atoms with Crippen molar-refractivity contribution < 1.29 is 19.1 Å². The van der Waals surface area contributed by atoms with E-state index in [4.69, 9.17) is 9.47 Å². The number of hydrogen-bond donors (Lipinski definition) is 0. The molecule has 4 nitrogen and oxygen atoms in total. The summed E-state index contributed by atoms with van der Waals surface area (Å²) in [5.74, 6) is -0.413. The second-order valence-electron chi connectivity index (χ2n) is 8.43. The molecule has 0 N–H and O–H groups in total. The smallest absolute Gasteiger partial charge is 0.330 e. The van der Waals surface area contributed by atoms with E-state index in [1.165, 1.54) is 18.1 Å². The number of fused-ring (bicyclic) bond motifs is 1. The van der Waals surface area contributed by atoms with Crippen LogP contribution < -0.4 is 0 Å².